The first-order valence-electron chi connectivity index (χ1n) is 6.04. The van der Waals surface area contributed by atoms with Crippen LogP contribution in [0.3, 0.4) is 0 Å². The number of anilines is 2. The van der Waals surface area contributed by atoms with E-state index >= 15 is 0 Å². The van der Waals surface area contributed by atoms with Crippen molar-refractivity contribution in [3.05, 3.63) is 11.4 Å². The Hall–Kier alpha value is -1.85. The lowest BCUT2D eigenvalue weighted by Gasteiger charge is -2.20. The van der Waals surface area contributed by atoms with E-state index in [0.29, 0.717) is 24.0 Å². The molecular weight excluding hydrogens is 230 g/mol. The number of nitrogen functional groups attached to an aromatic ring is 1. The van der Waals surface area contributed by atoms with E-state index in [1.165, 1.54) is 0 Å². The first kappa shape index (κ1) is 14.2. The number of nitrogens with one attached hydrogen (secondary N) is 1. The molecule has 0 aliphatic carbocycles. The van der Waals surface area contributed by atoms with Crippen LogP contribution in [0.15, 0.2) is 0 Å². The Kier molecular flexibility index (Phi) is 4.88. The smallest absolute Gasteiger partial charge is 0.239 e. The van der Waals surface area contributed by atoms with Crippen LogP contribution in [0.5, 0.6) is 0 Å². The van der Waals surface area contributed by atoms with E-state index in [1.807, 2.05) is 20.9 Å². The number of amides is 1. The Morgan fingerprint density at radius 1 is 1.39 bits per heavy atom. The molecular formula is C12H21N5O. The molecule has 0 aromatic carbocycles. The van der Waals surface area contributed by atoms with Gasteiger partial charge in [0.1, 0.15) is 17.5 Å². The molecule has 1 amide bonds. The minimum atomic E-state index is -0.0198. The Balaban J connectivity index is 2.78. The molecule has 0 fully saturated rings. The first-order chi connectivity index (χ1) is 8.45. The van der Waals surface area contributed by atoms with Crippen LogP contribution in [0.4, 0.5) is 11.6 Å². The highest BCUT2D eigenvalue weighted by Crippen LogP contribution is 2.19. The number of hydrogen-bond acceptors (Lipinski definition) is 5. The highest BCUT2D eigenvalue weighted by atomic mass is 16.2. The van der Waals surface area contributed by atoms with Gasteiger partial charge in [-0.05, 0) is 20.3 Å². The molecule has 0 spiro atoms. The Morgan fingerprint density at radius 2 is 2.06 bits per heavy atom. The molecule has 0 unspecified atom stereocenters. The van der Waals surface area contributed by atoms with Crippen molar-refractivity contribution in [2.45, 2.75) is 27.2 Å². The fourth-order valence-corrected chi connectivity index (χ4v) is 1.62. The van der Waals surface area contributed by atoms with E-state index in [4.69, 9.17) is 5.73 Å². The van der Waals surface area contributed by atoms with Crippen molar-refractivity contribution in [3.8, 4) is 0 Å². The highest BCUT2D eigenvalue weighted by molar-refractivity contribution is 5.81. The Labute approximate surface area is 108 Å². The van der Waals surface area contributed by atoms with Gasteiger partial charge in [-0.2, -0.15) is 0 Å². The maximum atomic E-state index is 11.6. The summed E-state index contributed by atoms with van der Waals surface area (Å²) in [6.45, 7) is 6.60. The molecule has 1 aromatic heterocycles. The molecule has 3 N–H and O–H groups in total. The molecule has 1 heterocycles. The second-order valence-corrected chi connectivity index (χ2v) is 4.31. The number of rotatable bonds is 5. The van der Waals surface area contributed by atoms with Gasteiger partial charge in [0.2, 0.25) is 5.91 Å². The van der Waals surface area contributed by atoms with Gasteiger partial charge in [-0.3, -0.25) is 4.79 Å². The van der Waals surface area contributed by atoms with E-state index in [0.717, 1.165) is 12.0 Å². The number of nitrogens with two attached hydrogens (primary N) is 1. The summed E-state index contributed by atoms with van der Waals surface area (Å²) in [7, 11) is 1.82. The van der Waals surface area contributed by atoms with Crippen LogP contribution in [0, 0.1) is 13.8 Å². The number of aromatic nitrogens is 2. The molecule has 0 saturated carbocycles. The maximum Gasteiger partial charge on any atom is 0.239 e. The molecule has 0 saturated heterocycles. The van der Waals surface area contributed by atoms with Crippen molar-refractivity contribution in [3.63, 3.8) is 0 Å². The predicted molar refractivity (Wildman–Crippen MR) is 72.5 cm³/mol. The lowest BCUT2D eigenvalue weighted by Crippen LogP contribution is -2.36. The lowest BCUT2D eigenvalue weighted by atomic mass is 10.3. The van der Waals surface area contributed by atoms with Gasteiger partial charge >= 0.3 is 0 Å². The summed E-state index contributed by atoms with van der Waals surface area (Å²) in [5, 5.41) is 2.83. The van der Waals surface area contributed by atoms with E-state index < -0.39 is 0 Å². The average Bonchev–Trinajstić information content (AvgIpc) is 2.30. The largest absolute Gasteiger partial charge is 0.383 e. The topological polar surface area (TPSA) is 84.1 Å². The van der Waals surface area contributed by atoms with Crippen LogP contribution in [0.1, 0.15) is 24.7 Å². The van der Waals surface area contributed by atoms with Crippen molar-refractivity contribution in [2.24, 2.45) is 0 Å². The van der Waals surface area contributed by atoms with Crippen LogP contribution >= 0.6 is 0 Å². The fourth-order valence-electron chi connectivity index (χ4n) is 1.62. The van der Waals surface area contributed by atoms with Gasteiger partial charge in [0, 0.05) is 19.2 Å². The monoisotopic (exact) mass is 251 g/mol. The second kappa shape index (κ2) is 6.18. The lowest BCUT2D eigenvalue weighted by molar-refractivity contribution is -0.119. The third kappa shape index (κ3) is 3.58. The molecule has 1 rings (SSSR count). The molecule has 18 heavy (non-hydrogen) atoms. The quantitative estimate of drug-likeness (QED) is 0.802. The maximum absolute atomic E-state index is 11.6. The second-order valence-electron chi connectivity index (χ2n) is 4.31. The van der Waals surface area contributed by atoms with E-state index in [-0.39, 0.29) is 12.5 Å². The summed E-state index contributed by atoms with van der Waals surface area (Å²) < 4.78 is 0. The number of hydrogen-bond donors (Lipinski definition) is 2. The molecule has 0 aliphatic heterocycles. The van der Waals surface area contributed by atoms with Crippen molar-refractivity contribution in [1.29, 1.82) is 0 Å². The van der Waals surface area contributed by atoms with Crippen LogP contribution < -0.4 is 16.0 Å². The summed E-state index contributed by atoms with van der Waals surface area (Å²) in [5.74, 6) is 1.74. The van der Waals surface area contributed by atoms with Crippen LogP contribution in [0.25, 0.3) is 0 Å². The molecule has 0 atom stereocenters. The summed E-state index contributed by atoms with van der Waals surface area (Å²) in [5.41, 5.74) is 6.59. The first-order valence-corrected chi connectivity index (χ1v) is 6.04. The van der Waals surface area contributed by atoms with Crippen molar-refractivity contribution >= 4 is 17.5 Å². The number of aryl methyl sites for hydroxylation is 1. The average molecular weight is 251 g/mol. The molecule has 1 aromatic rings. The van der Waals surface area contributed by atoms with Gasteiger partial charge in [-0.25, -0.2) is 9.97 Å². The zero-order chi connectivity index (χ0) is 13.7. The Morgan fingerprint density at radius 3 is 2.67 bits per heavy atom. The van der Waals surface area contributed by atoms with E-state index in [1.54, 1.807) is 11.8 Å². The van der Waals surface area contributed by atoms with Crippen LogP contribution in [0.2, 0.25) is 0 Å². The third-order valence-corrected chi connectivity index (χ3v) is 2.58. The fraction of sp³-hybridized carbons (Fsp3) is 0.583. The standard InChI is InChI=1S/C12H21N5O/c1-5-6-14-10(18)7-17(4)12-8(2)11(13)15-9(3)16-12/h5-7H2,1-4H3,(H,14,18)(H2,13,15,16). The summed E-state index contributed by atoms with van der Waals surface area (Å²) >= 11 is 0. The number of likely N-dealkylation sites (N-methyl/N-ethyl adjacent to an activating group) is 1. The zero-order valence-electron chi connectivity index (χ0n) is 11.4. The zero-order valence-corrected chi connectivity index (χ0v) is 11.4. The predicted octanol–water partition coefficient (Wildman–Crippen LogP) is 0.638. The number of carbonyl (C=O) groups is 1. The van der Waals surface area contributed by atoms with Crippen LogP contribution in [-0.2, 0) is 4.79 Å². The highest BCUT2D eigenvalue weighted by Gasteiger charge is 2.13. The van der Waals surface area contributed by atoms with Gasteiger partial charge in [-0.1, -0.05) is 6.92 Å². The van der Waals surface area contributed by atoms with Gasteiger partial charge in [-0.15, -0.1) is 0 Å². The van der Waals surface area contributed by atoms with Crippen molar-refractivity contribution in [2.75, 3.05) is 30.8 Å². The minimum Gasteiger partial charge on any atom is -0.383 e. The SMILES string of the molecule is CCCNC(=O)CN(C)c1nc(C)nc(N)c1C. The molecule has 0 radical (unpaired) electrons. The van der Waals surface area contributed by atoms with Crippen molar-refractivity contribution < 1.29 is 4.79 Å². The molecule has 0 bridgehead atoms. The van der Waals surface area contributed by atoms with Gasteiger partial charge < -0.3 is 16.0 Å². The van der Waals surface area contributed by atoms with Gasteiger partial charge in [0.05, 0.1) is 6.54 Å². The minimum absolute atomic E-state index is 0.0198. The van der Waals surface area contributed by atoms with Gasteiger partial charge in [0.15, 0.2) is 0 Å². The third-order valence-electron chi connectivity index (χ3n) is 2.58. The molecule has 100 valence electrons. The van der Waals surface area contributed by atoms with Gasteiger partial charge in [0.25, 0.3) is 0 Å². The molecule has 6 heteroatoms. The van der Waals surface area contributed by atoms with E-state index in [9.17, 15) is 4.79 Å². The van der Waals surface area contributed by atoms with E-state index in [2.05, 4.69) is 15.3 Å². The van der Waals surface area contributed by atoms with Crippen molar-refractivity contribution in [1.82, 2.24) is 15.3 Å². The van der Waals surface area contributed by atoms with Crippen LogP contribution in [-0.4, -0.2) is 36.0 Å². The molecule has 0 aliphatic rings. The number of carbonyl (C=O) groups excluding carboxylic acids is 1. The Bertz CT molecular complexity index is 433. The summed E-state index contributed by atoms with van der Waals surface area (Å²) in [4.78, 5) is 21.8. The summed E-state index contributed by atoms with van der Waals surface area (Å²) in [6, 6.07) is 0. The number of nitrogens with zero attached hydrogens (tertiary/aromatic N) is 3. The normalized spacial score (nSPS) is 10.2. The summed E-state index contributed by atoms with van der Waals surface area (Å²) in [6.07, 6.45) is 0.925. The molecule has 6 nitrogen and oxygen atoms in total.